The smallest absolute Gasteiger partial charge is 0.266 e. The number of rotatable bonds is 7. The van der Waals surface area contributed by atoms with E-state index in [9.17, 15) is 10.1 Å². The van der Waals surface area contributed by atoms with Gasteiger partial charge in [-0.1, -0.05) is 76.1 Å². The van der Waals surface area contributed by atoms with Gasteiger partial charge in [0.1, 0.15) is 18.2 Å². The Morgan fingerprint density at radius 1 is 1.08 bits per heavy atom. The maximum Gasteiger partial charge on any atom is 0.266 e. The minimum Gasteiger partial charge on any atom is -0.493 e. The second kappa shape index (κ2) is 11.3. The molecule has 4 aromatic rings. The van der Waals surface area contributed by atoms with Crippen molar-refractivity contribution in [3.8, 4) is 17.6 Å². The highest BCUT2D eigenvalue weighted by atomic mass is 79.9. The molecule has 4 rings (SSSR count). The highest BCUT2D eigenvalue weighted by Gasteiger charge is 2.15. The maximum atomic E-state index is 12.7. The van der Waals surface area contributed by atoms with Crippen LogP contribution in [0.3, 0.4) is 0 Å². The van der Waals surface area contributed by atoms with Crippen LogP contribution < -0.4 is 14.8 Å². The van der Waals surface area contributed by atoms with Crippen LogP contribution in [0.2, 0.25) is 5.02 Å². The number of amides is 1. The Kier molecular flexibility index (Phi) is 7.94. The zero-order valence-corrected chi connectivity index (χ0v) is 22.0. The molecule has 7 heteroatoms. The third-order valence-corrected chi connectivity index (χ3v) is 6.73. The van der Waals surface area contributed by atoms with E-state index in [4.69, 9.17) is 21.1 Å². The molecular weight excluding hydrogens is 540 g/mol. The van der Waals surface area contributed by atoms with Gasteiger partial charge >= 0.3 is 0 Å². The Labute approximate surface area is 223 Å². The average molecular weight is 562 g/mol. The van der Waals surface area contributed by atoms with Crippen molar-refractivity contribution in [3.05, 3.63) is 105 Å². The minimum atomic E-state index is -0.542. The van der Waals surface area contributed by atoms with Gasteiger partial charge in [-0.15, -0.1) is 0 Å². The van der Waals surface area contributed by atoms with E-state index in [0.717, 1.165) is 21.9 Å². The van der Waals surface area contributed by atoms with Crippen molar-refractivity contribution in [2.45, 2.75) is 13.5 Å². The van der Waals surface area contributed by atoms with Gasteiger partial charge in [0.2, 0.25) is 0 Å². The van der Waals surface area contributed by atoms with Crippen molar-refractivity contribution in [1.82, 2.24) is 0 Å². The van der Waals surface area contributed by atoms with E-state index >= 15 is 0 Å². The SMILES string of the molecule is COc1cc(/C=C(/C#N)C(=O)Nc2ccc(C)c(Cl)c2)c(Br)cc1OCc1cccc2ccccc12. The van der Waals surface area contributed by atoms with Crippen LogP contribution in [0.4, 0.5) is 5.69 Å². The number of carbonyl (C=O) groups excluding carboxylic acids is 1. The molecule has 0 aromatic heterocycles. The molecule has 1 amide bonds. The summed E-state index contributed by atoms with van der Waals surface area (Å²) in [6, 6.07) is 24.8. The Morgan fingerprint density at radius 2 is 1.86 bits per heavy atom. The van der Waals surface area contributed by atoms with E-state index in [0.29, 0.717) is 38.9 Å². The molecule has 0 heterocycles. The second-order valence-electron chi connectivity index (χ2n) is 8.04. The van der Waals surface area contributed by atoms with E-state index in [1.165, 1.54) is 6.08 Å². The number of ether oxygens (including phenoxy) is 2. The first-order chi connectivity index (χ1) is 17.4. The summed E-state index contributed by atoms with van der Waals surface area (Å²) in [6.45, 7) is 2.22. The van der Waals surface area contributed by atoms with E-state index in [1.807, 2.05) is 37.3 Å². The first kappa shape index (κ1) is 25.3. The van der Waals surface area contributed by atoms with Crippen molar-refractivity contribution < 1.29 is 14.3 Å². The Hall–Kier alpha value is -3.79. The number of benzene rings is 4. The van der Waals surface area contributed by atoms with Crippen LogP contribution >= 0.6 is 27.5 Å². The van der Waals surface area contributed by atoms with E-state index in [-0.39, 0.29) is 5.57 Å². The van der Waals surface area contributed by atoms with Gasteiger partial charge in [-0.25, -0.2) is 0 Å². The van der Waals surface area contributed by atoms with Gasteiger partial charge < -0.3 is 14.8 Å². The lowest BCUT2D eigenvalue weighted by atomic mass is 10.1. The molecular formula is C29H22BrClN2O3. The summed E-state index contributed by atoms with van der Waals surface area (Å²) < 4.78 is 12.3. The molecule has 1 N–H and O–H groups in total. The fraction of sp³-hybridized carbons (Fsp3) is 0.103. The number of nitrogens with one attached hydrogen (secondary N) is 1. The van der Waals surface area contributed by atoms with E-state index < -0.39 is 5.91 Å². The molecule has 0 saturated heterocycles. The fourth-order valence-corrected chi connectivity index (χ4v) is 4.30. The summed E-state index contributed by atoms with van der Waals surface area (Å²) in [5.74, 6) is 0.471. The molecule has 0 aliphatic heterocycles. The van der Waals surface area contributed by atoms with E-state index in [2.05, 4.69) is 39.4 Å². The molecule has 0 fully saturated rings. The summed E-state index contributed by atoms with van der Waals surface area (Å²) in [5, 5.41) is 15.1. The highest BCUT2D eigenvalue weighted by molar-refractivity contribution is 9.10. The molecule has 0 aliphatic rings. The second-order valence-corrected chi connectivity index (χ2v) is 9.30. The number of methoxy groups -OCH3 is 1. The van der Waals surface area contributed by atoms with Crippen molar-refractivity contribution >= 4 is 56.0 Å². The monoisotopic (exact) mass is 560 g/mol. The number of nitriles is 1. The van der Waals surface area contributed by atoms with Gasteiger partial charge in [-0.3, -0.25) is 4.79 Å². The lowest BCUT2D eigenvalue weighted by Gasteiger charge is -2.14. The number of hydrogen-bond acceptors (Lipinski definition) is 4. The quantitative estimate of drug-likeness (QED) is 0.185. The van der Waals surface area contributed by atoms with Crippen molar-refractivity contribution in [2.24, 2.45) is 0 Å². The molecule has 0 saturated carbocycles. The lowest BCUT2D eigenvalue weighted by Crippen LogP contribution is -2.13. The molecule has 180 valence electrons. The molecule has 0 bridgehead atoms. The predicted octanol–water partition coefficient (Wildman–Crippen LogP) is 7.70. The predicted molar refractivity (Wildman–Crippen MR) is 147 cm³/mol. The van der Waals surface area contributed by atoms with Crippen molar-refractivity contribution in [3.63, 3.8) is 0 Å². The molecule has 0 unspecified atom stereocenters. The van der Waals surface area contributed by atoms with Gasteiger partial charge in [0.15, 0.2) is 11.5 Å². The minimum absolute atomic E-state index is 0.0705. The van der Waals surface area contributed by atoms with Gasteiger partial charge in [0, 0.05) is 15.2 Å². The largest absolute Gasteiger partial charge is 0.493 e. The first-order valence-corrected chi connectivity index (χ1v) is 12.2. The molecule has 5 nitrogen and oxygen atoms in total. The Bertz CT molecular complexity index is 1520. The molecule has 0 radical (unpaired) electrons. The van der Waals surface area contributed by atoms with Crippen LogP contribution in [0.15, 0.2) is 82.8 Å². The van der Waals surface area contributed by atoms with Gasteiger partial charge in [0.25, 0.3) is 5.91 Å². The number of nitrogens with zero attached hydrogens (tertiary/aromatic N) is 1. The molecule has 0 atom stereocenters. The summed E-state index contributed by atoms with van der Waals surface area (Å²) in [6.07, 6.45) is 1.49. The fourth-order valence-electron chi connectivity index (χ4n) is 3.68. The van der Waals surface area contributed by atoms with Gasteiger partial charge in [-0.05, 0) is 64.7 Å². The normalized spacial score (nSPS) is 11.1. The lowest BCUT2D eigenvalue weighted by molar-refractivity contribution is -0.112. The molecule has 0 aliphatic carbocycles. The topological polar surface area (TPSA) is 71.3 Å². The Balaban J connectivity index is 1.57. The number of hydrogen-bond donors (Lipinski definition) is 1. The number of halogens is 2. The van der Waals surface area contributed by atoms with Crippen LogP contribution in [0.5, 0.6) is 11.5 Å². The summed E-state index contributed by atoms with van der Waals surface area (Å²) in [4.78, 5) is 12.7. The third-order valence-electron chi connectivity index (χ3n) is 5.64. The number of carbonyl (C=O) groups is 1. The number of anilines is 1. The molecule has 4 aromatic carbocycles. The molecule has 0 spiro atoms. The standard InChI is InChI=1S/C29H22BrClN2O3/c1-18-10-11-23(14-26(18)31)33-29(34)22(16-32)12-21-13-27(35-2)28(15-25(21)30)36-17-20-8-5-7-19-6-3-4-9-24(19)20/h3-15H,17H2,1-2H3,(H,33,34)/b22-12-. The average Bonchev–Trinajstić information content (AvgIpc) is 2.88. The van der Waals surface area contributed by atoms with Crippen molar-refractivity contribution in [1.29, 1.82) is 5.26 Å². The zero-order chi connectivity index (χ0) is 25.7. The van der Waals surface area contributed by atoms with Crippen LogP contribution in [0.1, 0.15) is 16.7 Å². The van der Waals surface area contributed by atoms with Crippen LogP contribution in [0.25, 0.3) is 16.8 Å². The van der Waals surface area contributed by atoms with Gasteiger partial charge in [-0.2, -0.15) is 5.26 Å². The number of fused-ring (bicyclic) bond motifs is 1. The summed E-state index contributed by atoms with van der Waals surface area (Å²) >= 11 is 9.67. The zero-order valence-electron chi connectivity index (χ0n) is 19.6. The highest BCUT2D eigenvalue weighted by Crippen LogP contribution is 2.35. The van der Waals surface area contributed by atoms with Gasteiger partial charge in [0.05, 0.1) is 7.11 Å². The molecule has 36 heavy (non-hydrogen) atoms. The van der Waals surface area contributed by atoms with Crippen LogP contribution in [-0.4, -0.2) is 13.0 Å². The maximum absolute atomic E-state index is 12.7. The third kappa shape index (κ3) is 5.71. The number of aryl methyl sites for hydroxylation is 1. The first-order valence-electron chi connectivity index (χ1n) is 11.1. The summed E-state index contributed by atoms with van der Waals surface area (Å²) in [5.41, 5.74) is 2.97. The van der Waals surface area contributed by atoms with E-state index in [1.54, 1.807) is 37.4 Å². The van der Waals surface area contributed by atoms with Crippen LogP contribution in [-0.2, 0) is 11.4 Å². The van der Waals surface area contributed by atoms with Crippen LogP contribution in [0, 0.1) is 18.3 Å². The Morgan fingerprint density at radius 3 is 2.61 bits per heavy atom. The van der Waals surface area contributed by atoms with Crippen molar-refractivity contribution in [2.75, 3.05) is 12.4 Å². The summed E-state index contributed by atoms with van der Waals surface area (Å²) in [7, 11) is 1.54.